The van der Waals surface area contributed by atoms with E-state index in [0.29, 0.717) is 0 Å². The topological polar surface area (TPSA) is 81.8 Å². The van der Waals surface area contributed by atoms with Crippen molar-refractivity contribution in [3.63, 3.8) is 0 Å². The molecule has 0 radical (unpaired) electrons. The van der Waals surface area contributed by atoms with Crippen LogP contribution in [-0.2, 0) is 11.0 Å². The number of carboxylic acids is 1. The summed E-state index contributed by atoms with van der Waals surface area (Å²) in [5.41, 5.74) is 4.87. The number of hydrogen-bond acceptors (Lipinski definition) is 4. The number of carbonyl (C=O) groups is 1. The van der Waals surface area contributed by atoms with Gasteiger partial charge in [-0.2, -0.15) is 13.2 Å². The molecule has 3 N–H and O–H groups in total. The van der Waals surface area contributed by atoms with Crippen molar-refractivity contribution in [2.75, 3.05) is 14.2 Å². The molecule has 0 aliphatic carbocycles. The van der Waals surface area contributed by atoms with Crippen molar-refractivity contribution >= 4 is 5.97 Å². The van der Waals surface area contributed by atoms with E-state index in [1.807, 2.05) is 0 Å². The first-order valence-electron chi connectivity index (χ1n) is 6.01. The number of alkyl halides is 3. The van der Waals surface area contributed by atoms with Crippen molar-refractivity contribution in [3.05, 3.63) is 23.3 Å². The van der Waals surface area contributed by atoms with E-state index in [2.05, 4.69) is 0 Å². The lowest BCUT2D eigenvalue weighted by atomic mass is 9.99. The molecular formula is C13H16F3NO4. The molecule has 0 amide bonds. The average molecular weight is 307 g/mol. The summed E-state index contributed by atoms with van der Waals surface area (Å²) in [7, 11) is 2.32. The number of halogens is 3. The van der Waals surface area contributed by atoms with Gasteiger partial charge in [-0.05, 0) is 24.1 Å². The van der Waals surface area contributed by atoms with Gasteiger partial charge in [0.1, 0.15) is 5.56 Å². The number of carboxylic acid groups (broad SMARTS) is 1. The largest absolute Gasteiger partial charge is 0.493 e. The molecule has 1 aromatic rings. The fourth-order valence-corrected chi connectivity index (χ4v) is 1.86. The molecule has 0 aliphatic heterocycles. The number of hydrogen-bond donors (Lipinski definition) is 2. The molecule has 5 nitrogen and oxygen atoms in total. The summed E-state index contributed by atoms with van der Waals surface area (Å²) in [6.45, 7) is 0. The number of benzene rings is 1. The van der Waals surface area contributed by atoms with Gasteiger partial charge < -0.3 is 20.3 Å². The van der Waals surface area contributed by atoms with Crippen LogP contribution in [0, 0.1) is 0 Å². The van der Waals surface area contributed by atoms with Gasteiger partial charge in [-0.25, -0.2) is 0 Å². The number of rotatable bonds is 6. The zero-order chi connectivity index (χ0) is 16.2. The second kappa shape index (κ2) is 6.66. The number of ether oxygens (including phenoxy) is 2. The first-order chi connectivity index (χ1) is 9.70. The van der Waals surface area contributed by atoms with Gasteiger partial charge in [-0.1, -0.05) is 0 Å². The molecule has 0 saturated carbocycles. The molecule has 1 atom stereocenters. The van der Waals surface area contributed by atoms with E-state index in [-0.39, 0.29) is 24.2 Å². The van der Waals surface area contributed by atoms with Gasteiger partial charge in [0.05, 0.1) is 14.2 Å². The lowest BCUT2D eigenvalue weighted by molar-refractivity contribution is -0.139. The van der Waals surface area contributed by atoms with E-state index >= 15 is 0 Å². The van der Waals surface area contributed by atoms with E-state index in [1.54, 1.807) is 0 Å². The second-order valence-electron chi connectivity index (χ2n) is 4.34. The summed E-state index contributed by atoms with van der Waals surface area (Å²) >= 11 is 0. The average Bonchev–Trinajstić information content (AvgIpc) is 2.41. The Hall–Kier alpha value is -1.96. The first-order valence-corrected chi connectivity index (χ1v) is 6.01. The van der Waals surface area contributed by atoms with Crippen molar-refractivity contribution in [2.45, 2.75) is 25.1 Å². The Morgan fingerprint density at radius 1 is 1.33 bits per heavy atom. The van der Waals surface area contributed by atoms with Crippen LogP contribution in [-0.4, -0.2) is 25.3 Å². The second-order valence-corrected chi connectivity index (χ2v) is 4.34. The Morgan fingerprint density at radius 3 is 2.38 bits per heavy atom. The summed E-state index contributed by atoms with van der Waals surface area (Å²) in [5.74, 6) is -1.60. The van der Waals surface area contributed by atoms with Gasteiger partial charge in [0.15, 0.2) is 11.5 Å². The fourth-order valence-electron chi connectivity index (χ4n) is 1.86. The standard InChI is InChI=1S/C13H16F3NO4/c1-20-10-6-7(9(17)3-4-11(18)19)5-8(12(10)21-2)13(14,15)16/h5-6,9H,3-4,17H2,1-2H3,(H,18,19). The highest BCUT2D eigenvalue weighted by atomic mass is 19.4. The van der Waals surface area contributed by atoms with E-state index in [1.165, 1.54) is 13.2 Å². The molecule has 1 aromatic carbocycles. The molecule has 0 aromatic heterocycles. The Kier molecular flexibility index (Phi) is 5.42. The molecule has 8 heteroatoms. The fraction of sp³-hybridized carbons (Fsp3) is 0.462. The lowest BCUT2D eigenvalue weighted by Crippen LogP contribution is -2.15. The van der Waals surface area contributed by atoms with Crippen LogP contribution < -0.4 is 15.2 Å². The normalized spacial score (nSPS) is 12.9. The zero-order valence-electron chi connectivity index (χ0n) is 11.5. The molecule has 118 valence electrons. The van der Waals surface area contributed by atoms with Crippen molar-refractivity contribution in [3.8, 4) is 11.5 Å². The van der Waals surface area contributed by atoms with Crippen LogP contribution in [0.5, 0.6) is 11.5 Å². The Balaban J connectivity index is 3.26. The van der Waals surface area contributed by atoms with Crippen LogP contribution in [0.3, 0.4) is 0 Å². The van der Waals surface area contributed by atoms with Crippen molar-refractivity contribution < 1.29 is 32.5 Å². The smallest absolute Gasteiger partial charge is 0.420 e. The van der Waals surface area contributed by atoms with Gasteiger partial charge in [0, 0.05) is 12.5 Å². The highest BCUT2D eigenvalue weighted by molar-refractivity contribution is 5.66. The molecular weight excluding hydrogens is 291 g/mol. The van der Waals surface area contributed by atoms with Crippen LogP contribution in [0.15, 0.2) is 12.1 Å². The summed E-state index contributed by atoms with van der Waals surface area (Å²) in [6.07, 6.45) is -4.86. The number of nitrogens with two attached hydrogens (primary N) is 1. The van der Waals surface area contributed by atoms with Gasteiger partial charge in [0.25, 0.3) is 0 Å². The third-order valence-electron chi connectivity index (χ3n) is 2.90. The van der Waals surface area contributed by atoms with Crippen molar-refractivity contribution in [1.29, 1.82) is 0 Å². The molecule has 0 fully saturated rings. The molecule has 0 spiro atoms. The monoisotopic (exact) mass is 307 g/mol. The van der Waals surface area contributed by atoms with Crippen LogP contribution in [0.4, 0.5) is 13.2 Å². The third-order valence-corrected chi connectivity index (χ3v) is 2.90. The van der Waals surface area contributed by atoms with E-state index in [4.69, 9.17) is 20.3 Å². The summed E-state index contributed by atoms with van der Waals surface area (Å²) in [4.78, 5) is 10.5. The lowest BCUT2D eigenvalue weighted by Gasteiger charge is -2.19. The minimum absolute atomic E-state index is 0.0160. The van der Waals surface area contributed by atoms with Crippen LogP contribution in [0.1, 0.15) is 30.0 Å². The summed E-state index contributed by atoms with van der Waals surface area (Å²) < 4.78 is 48.8. The van der Waals surface area contributed by atoms with Gasteiger partial charge in [0.2, 0.25) is 0 Å². The quantitative estimate of drug-likeness (QED) is 0.844. The minimum atomic E-state index is -4.64. The van der Waals surface area contributed by atoms with Crippen LogP contribution in [0.2, 0.25) is 0 Å². The zero-order valence-corrected chi connectivity index (χ0v) is 11.5. The Labute approximate surface area is 119 Å². The minimum Gasteiger partial charge on any atom is -0.493 e. The summed E-state index contributed by atoms with van der Waals surface area (Å²) in [6, 6.07) is 1.33. The number of methoxy groups -OCH3 is 2. The maximum absolute atomic E-state index is 13.0. The predicted octanol–water partition coefficient (Wildman–Crippen LogP) is 2.59. The SMILES string of the molecule is COc1cc(C(N)CCC(=O)O)cc(C(F)(F)F)c1OC. The highest BCUT2D eigenvalue weighted by Crippen LogP contribution is 2.43. The van der Waals surface area contributed by atoms with Crippen LogP contribution in [0.25, 0.3) is 0 Å². The summed E-state index contributed by atoms with van der Waals surface area (Å²) in [5, 5.41) is 8.60. The molecule has 0 saturated heterocycles. The van der Waals surface area contributed by atoms with Crippen molar-refractivity contribution in [1.82, 2.24) is 0 Å². The highest BCUT2D eigenvalue weighted by Gasteiger charge is 2.36. The molecule has 21 heavy (non-hydrogen) atoms. The van der Waals surface area contributed by atoms with E-state index in [9.17, 15) is 18.0 Å². The molecule has 0 aliphatic rings. The Bertz CT molecular complexity index is 517. The third kappa shape index (κ3) is 4.25. The van der Waals surface area contributed by atoms with Crippen molar-refractivity contribution in [2.24, 2.45) is 5.73 Å². The van der Waals surface area contributed by atoms with Gasteiger partial charge in [-0.15, -0.1) is 0 Å². The van der Waals surface area contributed by atoms with E-state index in [0.717, 1.165) is 13.2 Å². The molecule has 1 rings (SSSR count). The molecule has 0 bridgehead atoms. The molecule has 0 heterocycles. The maximum Gasteiger partial charge on any atom is 0.420 e. The molecule has 1 unspecified atom stereocenters. The number of aliphatic carboxylic acids is 1. The Morgan fingerprint density at radius 2 is 1.95 bits per heavy atom. The first kappa shape index (κ1) is 17.1. The van der Waals surface area contributed by atoms with Gasteiger partial charge in [-0.3, -0.25) is 4.79 Å². The van der Waals surface area contributed by atoms with Gasteiger partial charge >= 0.3 is 12.1 Å². The van der Waals surface area contributed by atoms with E-state index < -0.39 is 29.5 Å². The predicted molar refractivity (Wildman–Crippen MR) is 68.3 cm³/mol. The maximum atomic E-state index is 13.0. The van der Waals surface area contributed by atoms with Crippen LogP contribution >= 0.6 is 0 Å².